The van der Waals surface area contributed by atoms with E-state index in [9.17, 15) is 9.90 Å². The van der Waals surface area contributed by atoms with Crippen molar-refractivity contribution in [1.82, 2.24) is 0 Å². The number of carbonyl (C=O) groups is 1. The molecule has 10 atom stereocenters. The second kappa shape index (κ2) is 8.84. The van der Waals surface area contributed by atoms with Crippen LogP contribution in [0.4, 0.5) is 11.4 Å². The number of rotatable bonds is 2. The Morgan fingerprint density at radius 1 is 1.14 bits per heavy atom. The van der Waals surface area contributed by atoms with Crippen LogP contribution in [0.15, 0.2) is 48.0 Å². The van der Waals surface area contributed by atoms with Crippen molar-refractivity contribution in [3.8, 4) is 5.75 Å². The van der Waals surface area contributed by atoms with Gasteiger partial charge in [0.15, 0.2) is 11.6 Å². The van der Waals surface area contributed by atoms with Crippen LogP contribution in [-0.2, 0) is 27.0 Å². The highest BCUT2D eigenvalue weighted by molar-refractivity contribution is 5.86. The van der Waals surface area contributed by atoms with Crippen molar-refractivity contribution in [2.45, 2.75) is 106 Å². The highest BCUT2D eigenvalue weighted by Crippen LogP contribution is 2.70. The van der Waals surface area contributed by atoms with Crippen molar-refractivity contribution in [2.75, 3.05) is 50.1 Å². The number of piperidine rings is 5. The molecule has 2 N–H and O–H groups in total. The molecule has 9 aliphatic rings. The summed E-state index contributed by atoms with van der Waals surface area (Å²) in [4.78, 5) is 16.2. The topological polar surface area (TPSA) is 94.1 Å². The number of hydrogen-bond donors (Lipinski definition) is 2. The average molecular weight is 666 g/mol. The molecule has 9 aliphatic heterocycles. The smallest absolute Gasteiger partial charge is 0.329 e. The van der Waals surface area contributed by atoms with Gasteiger partial charge < -0.3 is 34.7 Å². The number of methoxy groups -OCH3 is 1. The summed E-state index contributed by atoms with van der Waals surface area (Å²) in [5.41, 5.74) is 3.83. The summed E-state index contributed by atoms with van der Waals surface area (Å²) in [6.07, 6.45) is 10.7. The van der Waals surface area contributed by atoms with Gasteiger partial charge in [0.25, 0.3) is 0 Å². The van der Waals surface area contributed by atoms with Gasteiger partial charge in [-0.25, -0.2) is 4.79 Å². The lowest BCUT2D eigenvalue weighted by molar-refractivity contribution is -0.981. The van der Waals surface area contributed by atoms with Gasteiger partial charge in [-0.15, -0.1) is 0 Å². The minimum atomic E-state index is -1.03. The number of quaternary nitrogens is 2. The number of allylic oxidation sites excluding steroid dienone is 1. The van der Waals surface area contributed by atoms with E-state index in [1.807, 2.05) is 13.0 Å². The maximum absolute atomic E-state index is 15.1. The SMILES string of the molecule is C/C=C1/C[N+]2([O-])CC[C@]34Cc5cc6c(cc5O[C@]35[C@@H]2C[C@@H]1[C@@H](C(=O)OC)N5c1ccccc14)N[C@@]12CC[C@@]3(CC)CCC[N@+]1(CC[C@@]62O)C3. The van der Waals surface area contributed by atoms with Gasteiger partial charge in [-0.1, -0.05) is 31.2 Å². The number of esters is 1. The van der Waals surface area contributed by atoms with Crippen LogP contribution in [0, 0.1) is 16.5 Å². The highest BCUT2D eigenvalue weighted by Gasteiger charge is 2.81. The van der Waals surface area contributed by atoms with Gasteiger partial charge in [-0.2, -0.15) is 0 Å². The third kappa shape index (κ3) is 2.96. The number of carbonyl (C=O) groups excluding carboxylic acids is 1. The average Bonchev–Trinajstić information content (AvgIpc) is 3.61. The third-order valence-electron chi connectivity index (χ3n) is 16.4. The monoisotopic (exact) mass is 665 g/mol. The van der Waals surface area contributed by atoms with Crippen molar-refractivity contribution in [3.63, 3.8) is 0 Å². The number of nitrogens with one attached hydrogen (secondary N) is 1. The molecule has 0 saturated carbocycles. The fourth-order valence-corrected chi connectivity index (χ4v) is 14.2. The van der Waals surface area contributed by atoms with Gasteiger partial charge in [0.1, 0.15) is 18.3 Å². The number of aliphatic hydroxyl groups is 1. The molecular formula is C40H49N4O5+. The van der Waals surface area contributed by atoms with E-state index in [0.717, 1.165) is 77.2 Å². The molecule has 0 amide bonds. The van der Waals surface area contributed by atoms with Crippen molar-refractivity contribution in [2.24, 2.45) is 11.3 Å². The van der Waals surface area contributed by atoms with E-state index in [-0.39, 0.29) is 22.6 Å². The minimum Gasteiger partial charge on any atom is -0.632 e. The first-order valence-electron chi connectivity index (χ1n) is 19.0. The molecule has 258 valence electrons. The number of ether oxygens (including phenoxy) is 2. The second-order valence-corrected chi connectivity index (χ2v) is 17.5. The molecule has 3 spiro atoms. The van der Waals surface area contributed by atoms with Crippen molar-refractivity contribution in [1.29, 1.82) is 0 Å². The summed E-state index contributed by atoms with van der Waals surface area (Å²) < 4.78 is 13.8. The predicted octanol–water partition coefficient (Wildman–Crippen LogP) is 5.20. The van der Waals surface area contributed by atoms with E-state index in [1.165, 1.54) is 31.9 Å². The molecule has 9 heterocycles. The van der Waals surface area contributed by atoms with Crippen molar-refractivity contribution in [3.05, 3.63) is 69.9 Å². The van der Waals surface area contributed by atoms with Gasteiger partial charge in [0.05, 0.1) is 38.7 Å². The van der Waals surface area contributed by atoms with Gasteiger partial charge in [0, 0.05) is 60.0 Å². The van der Waals surface area contributed by atoms with Crippen LogP contribution < -0.4 is 15.0 Å². The van der Waals surface area contributed by atoms with Gasteiger partial charge in [-0.05, 0) is 67.9 Å². The van der Waals surface area contributed by atoms with Crippen LogP contribution in [0.2, 0.25) is 0 Å². The van der Waals surface area contributed by atoms with Crippen LogP contribution in [0.5, 0.6) is 5.75 Å². The zero-order valence-electron chi connectivity index (χ0n) is 29.1. The Morgan fingerprint density at radius 2 is 2.00 bits per heavy atom. The largest absolute Gasteiger partial charge is 0.632 e. The number of hydroxylamine groups is 3. The van der Waals surface area contributed by atoms with E-state index in [0.29, 0.717) is 37.8 Å². The Morgan fingerprint density at radius 3 is 2.82 bits per heavy atom. The fourth-order valence-electron chi connectivity index (χ4n) is 14.2. The zero-order valence-corrected chi connectivity index (χ0v) is 29.1. The molecular weight excluding hydrogens is 616 g/mol. The molecule has 0 aromatic heterocycles. The normalized spacial score (nSPS) is 47.9. The van der Waals surface area contributed by atoms with Crippen LogP contribution >= 0.6 is 0 Å². The lowest BCUT2D eigenvalue weighted by Gasteiger charge is -2.71. The first-order valence-corrected chi connectivity index (χ1v) is 19.0. The van der Waals surface area contributed by atoms with E-state index in [2.05, 4.69) is 53.5 Å². The van der Waals surface area contributed by atoms with Crippen molar-refractivity contribution < 1.29 is 28.5 Å². The van der Waals surface area contributed by atoms with Crippen LogP contribution in [0.3, 0.4) is 0 Å². The summed E-state index contributed by atoms with van der Waals surface area (Å²) in [6.45, 7) is 8.55. The van der Waals surface area contributed by atoms with Gasteiger partial charge in [-0.3, -0.25) is 4.48 Å². The summed E-state index contributed by atoms with van der Waals surface area (Å²) >= 11 is 0. The maximum atomic E-state index is 15.1. The molecule has 6 saturated heterocycles. The number of para-hydroxylation sites is 1. The number of benzene rings is 2. The standard InChI is InChI=1S/C40H49N4O5/c1-4-25-23-44(47)18-14-37-22-26-19-29-30(41-39-13-12-36(5-2)11-8-16-43(39,24-36)17-15-38(29,39)46)21-32(26)49-40(37)33(44)20-27(25)34(35(45)48-3)42(40)31-10-7-6-9-28(31)37/h4,6-7,9-10,19,21,27,33-34,41,46H,5,8,11-18,20,22-24H2,1-3H3/q+1/b25-4-/t27-,33-,34-,36+,37+,38+,39-,40+,43-,44?/m0/s1. The van der Waals surface area contributed by atoms with Crippen LogP contribution in [0.25, 0.3) is 0 Å². The predicted molar refractivity (Wildman–Crippen MR) is 184 cm³/mol. The minimum absolute atomic E-state index is 0.111. The van der Waals surface area contributed by atoms with E-state index >= 15 is 5.21 Å². The first-order chi connectivity index (χ1) is 23.6. The quantitative estimate of drug-likeness (QED) is 0.197. The fraction of sp³-hybridized carbons (Fsp3) is 0.625. The van der Waals surface area contributed by atoms with Gasteiger partial charge >= 0.3 is 5.97 Å². The summed E-state index contributed by atoms with van der Waals surface area (Å²) in [6, 6.07) is 12.0. The lowest BCUT2D eigenvalue weighted by Crippen LogP contribution is -2.86. The van der Waals surface area contributed by atoms with E-state index < -0.39 is 28.4 Å². The molecule has 6 fully saturated rings. The van der Waals surface area contributed by atoms with E-state index in [1.54, 1.807) is 0 Å². The second-order valence-electron chi connectivity index (χ2n) is 17.5. The molecule has 0 radical (unpaired) electrons. The Kier molecular flexibility index (Phi) is 5.34. The maximum Gasteiger partial charge on any atom is 0.329 e. The third-order valence-corrected chi connectivity index (χ3v) is 16.4. The van der Waals surface area contributed by atoms with Crippen molar-refractivity contribution >= 4 is 17.3 Å². The number of fused-ring (bicyclic) bond motifs is 7. The Bertz CT molecular complexity index is 1900. The van der Waals surface area contributed by atoms with Gasteiger partial charge in [0.2, 0.25) is 11.4 Å². The number of anilines is 2. The summed E-state index contributed by atoms with van der Waals surface area (Å²) in [5, 5.41) is 32.2. The molecule has 1 unspecified atom stereocenters. The summed E-state index contributed by atoms with van der Waals surface area (Å²) in [5.74, 6) is 0.408. The Hall–Kier alpha value is -3.11. The molecule has 9 nitrogen and oxygen atoms in total. The molecule has 4 bridgehead atoms. The Balaban J connectivity index is 1.10. The van der Waals surface area contributed by atoms with E-state index in [4.69, 9.17) is 9.47 Å². The molecule has 11 rings (SSSR count). The number of nitrogens with zero attached hydrogens (tertiary/aromatic N) is 3. The Labute approximate surface area is 288 Å². The summed E-state index contributed by atoms with van der Waals surface area (Å²) in [7, 11) is 1.48. The molecule has 49 heavy (non-hydrogen) atoms. The number of hydrogen-bond acceptors (Lipinski definition) is 7. The lowest BCUT2D eigenvalue weighted by atomic mass is 9.57. The molecule has 9 heteroatoms. The molecule has 2 aromatic carbocycles. The first kappa shape index (κ1) is 29.6. The highest BCUT2D eigenvalue weighted by atomic mass is 16.6. The zero-order chi connectivity index (χ0) is 33.4. The molecule has 2 aromatic rings. The van der Waals surface area contributed by atoms with Crippen LogP contribution in [0.1, 0.15) is 81.9 Å². The molecule has 0 aliphatic carbocycles. The van der Waals surface area contributed by atoms with Crippen LogP contribution in [-0.4, -0.2) is 83.5 Å².